The highest BCUT2D eigenvalue weighted by Crippen LogP contribution is 2.36. The Balaban J connectivity index is 0.000000157. The molecule has 8 aromatic rings. The number of halogens is 1. The molecular weight excluding hydrogens is 731 g/mol. The van der Waals surface area contributed by atoms with Crippen molar-refractivity contribution in [1.82, 2.24) is 0 Å². The van der Waals surface area contributed by atoms with Crippen LogP contribution in [0, 0.1) is 27.7 Å². The molecule has 0 fully saturated rings. The molecule has 6 heteroatoms. The second kappa shape index (κ2) is 19.2. The molecule has 6 N–H and O–H groups in total. The Labute approximate surface area is 348 Å². The highest BCUT2D eigenvalue weighted by molar-refractivity contribution is 6.58. The molecule has 288 valence electrons. The van der Waals surface area contributed by atoms with Gasteiger partial charge < -0.3 is 21.5 Å². The maximum absolute atomic E-state index is 8.94. The summed E-state index contributed by atoms with van der Waals surface area (Å²) in [6, 6.07) is 60.8. The van der Waals surface area contributed by atoms with Gasteiger partial charge in [0, 0.05) is 27.5 Å². The second-order valence-electron chi connectivity index (χ2n) is 14.4. The molecule has 8 aromatic carbocycles. The van der Waals surface area contributed by atoms with E-state index < -0.39 is 7.12 Å². The van der Waals surface area contributed by atoms with Gasteiger partial charge in [-0.25, -0.2) is 0 Å². The Morgan fingerprint density at radius 2 is 0.724 bits per heavy atom. The Bertz CT molecular complexity index is 2550. The van der Waals surface area contributed by atoms with Gasteiger partial charge in [-0.15, -0.1) is 0 Å². The van der Waals surface area contributed by atoms with Crippen LogP contribution in [0.3, 0.4) is 0 Å². The van der Waals surface area contributed by atoms with Crippen molar-refractivity contribution in [2.75, 3.05) is 11.5 Å². The second-order valence-corrected chi connectivity index (χ2v) is 14.8. The molecule has 0 radical (unpaired) electrons. The number of nitrogens with two attached hydrogens (primary N) is 2. The molecule has 0 aliphatic carbocycles. The maximum Gasteiger partial charge on any atom is 0.488 e. The van der Waals surface area contributed by atoms with Gasteiger partial charge in [-0.1, -0.05) is 163 Å². The molecule has 0 heterocycles. The SMILES string of the molecule is Cc1cccc(C)c1-c1cc(-c2ccc(-c3ccccc3)cc2)ccc1N.Cc1cccc(C)c1-c1cc(Cl)ccc1N.OB(O)c1ccc(-c2ccccc2)cc1. The molecule has 0 saturated carbocycles. The normalized spacial score (nSPS) is 10.5. The third-order valence-electron chi connectivity index (χ3n) is 10.2. The number of nitrogen functional groups attached to an aromatic ring is 2. The van der Waals surface area contributed by atoms with Gasteiger partial charge in [0.05, 0.1) is 0 Å². The number of anilines is 2. The lowest BCUT2D eigenvalue weighted by Gasteiger charge is -2.14. The van der Waals surface area contributed by atoms with E-state index in [4.69, 9.17) is 33.1 Å². The Hall–Kier alpha value is -6.37. The maximum atomic E-state index is 8.94. The Kier molecular flexibility index (Phi) is 13.7. The lowest BCUT2D eigenvalue weighted by Crippen LogP contribution is -2.29. The summed E-state index contributed by atoms with van der Waals surface area (Å²) >= 11 is 6.02. The van der Waals surface area contributed by atoms with Crippen LogP contribution in [0.4, 0.5) is 11.4 Å². The van der Waals surface area contributed by atoms with Crippen LogP contribution >= 0.6 is 11.6 Å². The van der Waals surface area contributed by atoms with Crippen molar-refractivity contribution in [3.8, 4) is 55.6 Å². The third-order valence-corrected chi connectivity index (χ3v) is 10.4. The lowest BCUT2D eigenvalue weighted by molar-refractivity contribution is 0.426. The van der Waals surface area contributed by atoms with E-state index in [0.29, 0.717) is 10.5 Å². The minimum atomic E-state index is -1.39. The zero-order valence-corrected chi connectivity index (χ0v) is 34.1. The van der Waals surface area contributed by atoms with Crippen LogP contribution in [0.15, 0.2) is 182 Å². The third kappa shape index (κ3) is 10.1. The molecule has 58 heavy (non-hydrogen) atoms. The van der Waals surface area contributed by atoms with Gasteiger partial charge in [-0.05, 0) is 130 Å². The molecule has 0 saturated heterocycles. The fourth-order valence-corrected chi connectivity index (χ4v) is 7.31. The number of hydrogen-bond donors (Lipinski definition) is 4. The number of benzene rings is 8. The fourth-order valence-electron chi connectivity index (χ4n) is 7.14. The van der Waals surface area contributed by atoms with Gasteiger partial charge in [0.15, 0.2) is 0 Å². The van der Waals surface area contributed by atoms with E-state index in [0.717, 1.165) is 33.6 Å². The predicted molar refractivity (Wildman–Crippen MR) is 249 cm³/mol. The lowest BCUT2D eigenvalue weighted by atomic mass is 9.80. The van der Waals surface area contributed by atoms with Crippen molar-refractivity contribution in [3.05, 3.63) is 209 Å². The van der Waals surface area contributed by atoms with Gasteiger partial charge in [0.2, 0.25) is 0 Å². The summed E-state index contributed by atoms with van der Waals surface area (Å²) < 4.78 is 0. The number of rotatable bonds is 6. The van der Waals surface area contributed by atoms with Crippen LogP contribution in [-0.2, 0) is 0 Å². The zero-order chi connectivity index (χ0) is 41.2. The monoisotopic (exact) mass is 778 g/mol. The van der Waals surface area contributed by atoms with Crippen LogP contribution in [0.5, 0.6) is 0 Å². The van der Waals surface area contributed by atoms with Gasteiger partial charge in [0.25, 0.3) is 0 Å². The Morgan fingerprint density at radius 1 is 0.379 bits per heavy atom. The van der Waals surface area contributed by atoms with E-state index in [-0.39, 0.29) is 0 Å². The van der Waals surface area contributed by atoms with Crippen molar-refractivity contribution in [2.24, 2.45) is 0 Å². The fraction of sp³-hybridized carbons (Fsp3) is 0.0769. The average molecular weight is 779 g/mol. The molecule has 0 atom stereocenters. The Morgan fingerprint density at radius 3 is 1.16 bits per heavy atom. The summed E-state index contributed by atoms with van der Waals surface area (Å²) in [4.78, 5) is 0. The highest BCUT2D eigenvalue weighted by atomic mass is 35.5. The summed E-state index contributed by atoms with van der Waals surface area (Å²) in [5.41, 5.74) is 30.9. The predicted octanol–water partition coefficient (Wildman–Crippen LogP) is 12.1. The van der Waals surface area contributed by atoms with Crippen LogP contribution < -0.4 is 16.9 Å². The molecule has 0 unspecified atom stereocenters. The standard InChI is InChI=1S/C26H23N.C14H14ClN.C12H11BO2/c1-18-7-6-8-19(2)26(18)24-17-23(15-16-25(24)27)22-13-11-21(12-14-22)20-9-4-3-5-10-20;1-9-4-3-5-10(2)14(9)12-8-11(15)6-7-13(12)16;14-13(15)12-8-6-11(7-9-12)10-4-2-1-3-5-10/h3-17H,27H2,1-2H3;3-8H,16H2,1-2H3;1-9,14-15H. The van der Waals surface area contributed by atoms with E-state index in [1.807, 2.05) is 72.8 Å². The molecule has 0 spiro atoms. The first-order chi connectivity index (χ1) is 28.0. The zero-order valence-electron chi connectivity index (χ0n) is 33.3. The average Bonchev–Trinajstić information content (AvgIpc) is 3.24. The van der Waals surface area contributed by atoms with Crippen LogP contribution in [0.25, 0.3) is 55.6 Å². The van der Waals surface area contributed by atoms with Crippen molar-refractivity contribution in [2.45, 2.75) is 27.7 Å². The summed E-state index contributed by atoms with van der Waals surface area (Å²) in [6.45, 7) is 8.46. The van der Waals surface area contributed by atoms with Gasteiger partial charge in [0.1, 0.15) is 0 Å². The topological polar surface area (TPSA) is 92.5 Å². The van der Waals surface area contributed by atoms with Gasteiger partial charge in [-0.2, -0.15) is 0 Å². The van der Waals surface area contributed by atoms with Crippen LogP contribution in [-0.4, -0.2) is 17.2 Å². The summed E-state index contributed by atoms with van der Waals surface area (Å²) in [6.07, 6.45) is 0. The van der Waals surface area contributed by atoms with Crippen LogP contribution in [0.1, 0.15) is 22.3 Å². The van der Waals surface area contributed by atoms with Crippen molar-refractivity contribution in [1.29, 1.82) is 0 Å². The van der Waals surface area contributed by atoms with Gasteiger partial charge in [-0.3, -0.25) is 0 Å². The molecule has 0 aromatic heterocycles. The van der Waals surface area contributed by atoms with Crippen molar-refractivity contribution >= 4 is 35.6 Å². The van der Waals surface area contributed by atoms with E-state index in [1.54, 1.807) is 12.1 Å². The van der Waals surface area contributed by atoms with E-state index in [9.17, 15) is 0 Å². The number of aryl methyl sites for hydroxylation is 4. The molecular formula is C52H48BClN2O2. The van der Waals surface area contributed by atoms with E-state index >= 15 is 0 Å². The summed E-state index contributed by atoms with van der Waals surface area (Å²) in [5, 5.41) is 18.6. The van der Waals surface area contributed by atoms with Crippen molar-refractivity contribution in [3.63, 3.8) is 0 Å². The highest BCUT2D eigenvalue weighted by Gasteiger charge is 2.12. The first kappa shape index (κ1) is 41.3. The first-order valence-corrected chi connectivity index (χ1v) is 19.6. The molecule has 0 bridgehead atoms. The van der Waals surface area contributed by atoms with Crippen molar-refractivity contribution < 1.29 is 10.0 Å². The van der Waals surface area contributed by atoms with E-state index in [1.165, 1.54) is 55.6 Å². The van der Waals surface area contributed by atoms with Crippen LogP contribution in [0.2, 0.25) is 5.02 Å². The number of hydrogen-bond acceptors (Lipinski definition) is 4. The minimum Gasteiger partial charge on any atom is -0.423 e. The quantitative estimate of drug-likeness (QED) is 0.0999. The largest absolute Gasteiger partial charge is 0.488 e. The smallest absolute Gasteiger partial charge is 0.423 e. The molecule has 8 rings (SSSR count). The van der Waals surface area contributed by atoms with E-state index in [2.05, 4.69) is 125 Å². The summed E-state index contributed by atoms with van der Waals surface area (Å²) in [5.74, 6) is 0. The van der Waals surface area contributed by atoms with Gasteiger partial charge >= 0.3 is 7.12 Å². The minimum absolute atomic E-state index is 0.509. The molecule has 0 aliphatic rings. The molecule has 0 amide bonds. The molecule has 4 nitrogen and oxygen atoms in total. The first-order valence-electron chi connectivity index (χ1n) is 19.2. The molecule has 0 aliphatic heterocycles. The summed E-state index contributed by atoms with van der Waals surface area (Å²) in [7, 11) is -1.39.